The van der Waals surface area contributed by atoms with Crippen molar-refractivity contribution in [3.05, 3.63) is 126 Å². The number of aliphatic hydroxyl groups is 1. The highest BCUT2D eigenvalue weighted by Crippen LogP contribution is 2.36. The minimum Gasteiger partial charge on any atom is -0.453 e. The molecular weight excluding hydrogens is 658 g/mol. The highest BCUT2D eigenvalue weighted by atomic mass is 16.5. The highest BCUT2D eigenvalue weighted by Gasteiger charge is 2.45. The van der Waals surface area contributed by atoms with Crippen molar-refractivity contribution in [2.45, 2.75) is 63.8 Å². The summed E-state index contributed by atoms with van der Waals surface area (Å²) in [5.41, 5.74) is 5.47. The van der Waals surface area contributed by atoms with Crippen LogP contribution in [-0.4, -0.2) is 68.6 Å². The van der Waals surface area contributed by atoms with Gasteiger partial charge in [-0.25, -0.2) is 15.3 Å². The Bertz CT molecular complexity index is 1890. The number of terminal acetylenes is 1. The van der Waals surface area contributed by atoms with Gasteiger partial charge in [-0.2, -0.15) is 0 Å². The molecule has 4 atom stereocenters. The van der Waals surface area contributed by atoms with Gasteiger partial charge in [-0.1, -0.05) is 112 Å². The number of amides is 3. The number of hydrogen-bond acceptors (Lipinski definition) is 8. The maximum atomic E-state index is 14.3. The van der Waals surface area contributed by atoms with Crippen molar-refractivity contribution in [2.75, 3.05) is 13.7 Å². The number of alkyl carbamates (subject to hydrolysis) is 1. The Balaban J connectivity index is 0.000000776. The second kappa shape index (κ2) is 16.2. The number of hydrazine groups is 1. The molecule has 3 aromatic carbocycles. The van der Waals surface area contributed by atoms with E-state index in [4.69, 9.17) is 11.2 Å². The van der Waals surface area contributed by atoms with E-state index in [1.54, 1.807) is 69.3 Å². The van der Waals surface area contributed by atoms with E-state index in [1.165, 1.54) is 18.4 Å². The molecule has 0 saturated carbocycles. The van der Waals surface area contributed by atoms with Crippen LogP contribution in [0.3, 0.4) is 0 Å². The van der Waals surface area contributed by atoms with Crippen molar-refractivity contribution in [3.8, 4) is 23.6 Å². The van der Waals surface area contributed by atoms with Gasteiger partial charge in [0.15, 0.2) is 5.60 Å². The van der Waals surface area contributed by atoms with Crippen LogP contribution in [0.15, 0.2) is 103 Å². The van der Waals surface area contributed by atoms with Gasteiger partial charge in [-0.15, -0.1) is 6.42 Å². The first-order valence-corrected chi connectivity index (χ1v) is 17.1. The Hall–Kier alpha value is -5.54. The summed E-state index contributed by atoms with van der Waals surface area (Å²) in [5, 5.41) is 27.8. The first-order valence-electron chi connectivity index (χ1n) is 17.1. The first kappa shape index (κ1) is 37.7. The fourth-order valence-corrected chi connectivity index (χ4v) is 6.28. The number of pyridine rings is 1. The molecule has 4 N–H and O–H groups in total. The average Bonchev–Trinajstić information content (AvgIpc) is 3.51. The Labute approximate surface area is 304 Å². The Morgan fingerprint density at radius 2 is 1.65 bits per heavy atom. The number of aryl methyl sites for hydroxylation is 1. The standard InChI is InChI=1S/C36H42N4O6.C5H3N/c1-6-29(27-18-11-8-12-19-27)39(32(41)31(35(2,3)4)38-34(43)46-5)37-24-36(44,23-25-15-9-7-10-16-25)33(42)40(45)30-22-21-26-17-13-14-20-28(26)30;1-2-6-5-3-4(1)5/h1,7-20,29-31,37,44-45H,21-24H2,2-5H3,(H,38,43);1-3H/t29?,30?,31-,36+;/m1./s1. The molecule has 52 heavy (non-hydrogen) atoms. The zero-order chi connectivity index (χ0) is 37.5. The average molecular weight is 704 g/mol. The number of hydrogen-bond donors (Lipinski definition) is 4. The Kier molecular flexibility index (Phi) is 11.8. The molecule has 270 valence electrons. The van der Waals surface area contributed by atoms with Gasteiger partial charge >= 0.3 is 6.09 Å². The molecular formula is C41H45N5O6. The van der Waals surface area contributed by atoms with Crippen molar-refractivity contribution in [1.82, 2.24) is 25.8 Å². The van der Waals surface area contributed by atoms with Gasteiger partial charge in [0.25, 0.3) is 11.8 Å². The number of rotatable bonds is 11. The van der Waals surface area contributed by atoms with E-state index in [2.05, 4.69) is 27.7 Å². The van der Waals surface area contributed by atoms with Crippen molar-refractivity contribution < 1.29 is 29.4 Å². The number of hydroxylamine groups is 2. The molecule has 3 aromatic rings. The lowest BCUT2D eigenvalue weighted by Crippen LogP contribution is -2.63. The lowest BCUT2D eigenvalue weighted by molar-refractivity contribution is -0.197. The van der Waals surface area contributed by atoms with Crippen LogP contribution >= 0.6 is 0 Å². The van der Waals surface area contributed by atoms with Gasteiger partial charge in [0.05, 0.1) is 25.4 Å². The number of methoxy groups -OCH3 is 1. The molecule has 2 aliphatic carbocycles. The van der Waals surface area contributed by atoms with E-state index in [0.29, 0.717) is 29.0 Å². The largest absolute Gasteiger partial charge is 0.453 e. The molecule has 1 heterocycles. The van der Waals surface area contributed by atoms with E-state index in [0.717, 1.165) is 16.1 Å². The number of benzene rings is 3. The summed E-state index contributed by atoms with van der Waals surface area (Å²) in [7, 11) is 1.20. The van der Waals surface area contributed by atoms with Crippen LogP contribution in [0.5, 0.6) is 0 Å². The van der Waals surface area contributed by atoms with Crippen LogP contribution in [0.25, 0.3) is 11.3 Å². The van der Waals surface area contributed by atoms with Gasteiger partial charge in [0, 0.05) is 18.2 Å². The third kappa shape index (κ3) is 8.84. The lowest BCUT2D eigenvalue weighted by atomic mass is 9.85. The molecule has 3 aliphatic rings. The van der Waals surface area contributed by atoms with Crippen LogP contribution in [0.4, 0.5) is 4.79 Å². The number of ether oxygens (including phenoxy) is 1. The van der Waals surface area contributed by atoms with Crippen LogP contribution < -0.4 is 10.7 Å². The van der Waals surface area contributed by atoms with Gasteiger partial charge < -0.3 is 15.2 Å². The molecule has 0 radical (unpaired) electrons. The summed E-state index contributed by atoms with van der Waals surface area (Å²) < 4.78 is 4.79. The zero-order valence-electron chi connectivity index (χ0n) is 29.8. The topological polar surface area (TPSA) is 144 Å². The third-order valence-electron chi connectivity index (χ3n) is 9.19. The predicted molar refractivity (Wildman–Crippen MR) is 196 cm³/mol. The second-order valence-electron chi connectivity index (χ2n) is 14.0. The van der Waals surface area contributed by atoms with Crippen molar-refractivity contribution in [1.29, 1.82) is 0 Å². The van der Waals surface area contributed by atoms with Gasteiger partial charge in [0.1, 0.15) is 12.1 Å². The van der Waals surface area contributed by atoms with Crippen molar-refractivity contribution >= 4 is 17.9 Å². The van der Waals surface area contributed by atoms with Crippen LogP contribution in [0, 0.1) is 17.8 Å². The summed E-state index contributed by atoms with van der Waals surface area (Å²) in [6.07, 6.45) is 8.00. The molecule has 11 nitrogen and oxygen atoms in total. The van der Waals surface area contributed by atoms with Crippen LogP contribution in [0.1, 0.15) is 61.5 Å². The molecule has 0 bridgehead atoms. The first-order chi connectivity index (χ1) is 24.9. The molecule has 0 spiro atoms. The molecule has 0 saturated heterocycles. The second-order valence-corrected chi connectivity index (χ2v) is 14.0. The van der Waals surface area contributed by atoms with Gasteiger partial charge in [-0.3, -0.25) is 24.8 Å². The van der Waals surface area contributed by atoms with E-state index in [9.17, 15) is 24.7 Å². The lowest BCUT2D eigenvalue weighted by Gasteiger charge is -2.39. The smallest absolute Gasteiger partial charge is 0.407 e. The fraction of sp³-hybridized carbons (Fsp3) is 0.317. The molecule has 0 fully saturated rings. The summed E-state index contributed by atoms with van der Waals surface area (Å²) in [5.74, 6) is 1.08. The Morgan fingerprint density at radius 1 is 1.00 bits per heavy atom. The quantitative estimate of drug-likeness (QED) is 0.0813. The zero-order valence-corrected chi connectivity index (χ0v) is 29.8. The number of fused-ring (bicyclic) bond motifs is 2. The highest BCUT2D eigenvalue weighted by molar-refractivity contribution is 5.87. The minimum absolute atomic E-state index is 0.178. The van der Waals surface area contributed by atoms with E-state index >= 15 is 0 Å². The number of carbonyl (C=O) groups excluding carboxylic acids is 3. The minimum atomic E-state index is -2.23. The van der Waals surface area contributed by atoms with E-state index < -0.39 is 53.6 Å². The summed E-state index contributed by atoms with van der Waals surface area (Å²) in [4.78, 5) is 44.7. The van der Waals surface area contributed by atoms with E-state index in [-0.39, 0.29) is 6.42 Å². The predicted octanol–water partition coefficient (Wildman–Crippen LogP) is 5.41. The Morgan fingerprint density at radius 3 is 2.21 bits per heavy atom. The van der Waals surface area contributed by atoms with Crippen molar-refractivity contribution in [3.63, 3.8) is 0 Å². The third-order valence-corrected chi connectivity index (χ3v) is 9.19. The normalized spacial score (nSPS) is 16.0. The fourth-order valence-electron chi connectivity index (χ4n) is 6.28. The van der Waals surface area contributed by atoms with E-state index in [1.807, 2.05) is 48.7 Å². The number of nitrogens with zero attached hydrogens (tertiary/aromatic N) is 3. The molecule has 2 unspecified atom stereocenters. The SMILES string of the molecule is C#CC(c1ccccc1)N(NC[C@@](O)(Cc1ccccc1)C(=O)N(O)C1CCc2ccccc21)C(=O)[C@@H](NC(=O)OC)C(C)(C)C.c1cc2cc-2n1. The number of aromatic nitrogens is 1. The molecule has 3 amide bonds. The monoisotopic (exact) mass is 703 g/mol. The van der Waals surface area contributed by atoms with Crippen LogP contribution in [0.2, 0.25) is 0 Å². The van der Waals surface area contributed by atoms with Gasteiger partial charge in [0.2, 0.25) is 0 Å². The van der Waals surface area contributed by atoms with Crippen molar-refractivity contribution in [2.24, 2.45) is 5.41 Å². The number of carbonyl (C=O) groups is 3. The van der Waals surface area contributed by atoms with Gasteiger partial charge in [-0.05, 0) is 52.6 Å². The molecule has 11 heteroatoms. The van der Waals surface area contributed by atoms with Crippen LogP contribution in [-0.2, 0) is 27.2 Å². The summed E-state index contributed by atoms with van der Waals surface area (Å²) >= 11 is 0. The summed E-state index contributed by atoms with van der Waals surface area (Å²) in [6, 6.07) is 26.6. The molecule has 0 aromatic heterocycles. The summed E-state index contributed by atoms with van der Waals surface area (Å²) in [6.45, 7) is 4.82. The molecule has 6 rings (SSSR count). The molecule has 1 aliphatic heterocycles. The maximum absolute atomic E-state index is 14.3. The number of nitrogens with one attached hydrogen (secondary N) is 2. The maximum Gasteiger partial charge on any atom is 0.407 e.